The quantitative estimate of drug-likeness (QED) is 0.291. The minimum atomic E-state index is -1.26. The van der Waals surface area contributed by atoms with Gasteiger partial charge in [0.05, 0.1) is 30.0 Å². The molecule has 0 aliphatic heterocycles. The summed E-state index contributed by atoms with van der Waals surface area (Å²) in [6.45, 7) is 0. The highest BCUT2D eigenvalue weighted by atomic mass is 35.5. The van der Waals surface area contributed by atoms with E-state index < -0.39 is 11.8 Å². The standard InChI is InChI=1S/C21H14ClFN6O3/c22-17-7-11(9-26-29-17)19-20(28-15(21(30)31)8-12-3-2-6-32-12)25-10-16(27-19)13-4-1-5-14(24)18(13)23/h1-10H,24H2,(H,25,28)(H,30,31)/b15-8-. The van der Waals surface area contributed by atoms with Crippen LogP contribution in [0.5, 0.6) is 0 Å². The molecule has 0 fully saturated rings. The molecule has 4 rings (SSSR count). The maximum atomic E-state index is 14.6. The van der Waals surface area contributed by atoms with Gasteiger partial charge < -0.3 is 20.6 Å². The number of nitrogens with two attached hydrogens (primary N) is 1. The van der Waals surface area contributed by atoms with Crippen molar-refractivity contribution in [3.63, 3.8) is 0 Å². The van der Waals surface area contributed by atoms with Gasteiger partial charge in [0.15, 0.2) is 16.8 Å². The Bertz CT molecular complexity index is 1330. The van der Waals surface area contributed by atoms with Crippen molar-refractivity contribution in [3.05, 3.63) is 77.5 Å². The van der Waals surface area contributed by atoms with Crippen LogP contribution in [0.15, 0.2) is 65.2 Å². The molecule has 9 nitrogen and oxygen atoms in total. The van der Waals surface area contributed by atoms with Gasteiger partial charge in [0, 0.05) is 17.2 Å². The van der Waals surface area contributed by atoms with Crippen molar-refractivity contribution in [2.45, 2.75) is 0 Å². The van der Waals surface area contributed by atoms with Crippen LogP contribution in [0, 0.1) is 5.82 Å². The highest BCUT2D eigenvalue weighted by Crippen LogP contribution is 2.31. The van der Waals surface area contributed by atoms with Crippen LogP contribution in [0.1, 0.15) is 5.76 Å². The van der Waals surface area contributed by atoms with Gasteiger partial charge >= 0.3 is 5.97 Å². The number of benzene rings is 1. The molecule has 0 spiro atoms. The van der Waals surface area contributed by atoms with E-state index >= 15 is 0 Å². The van der Waals surface area contributed by atoms with Gasteiger partial charge in [-0.2, -0.15) is 5.10 Å². The Kier molecular flexibility index (Phi) is 5.77. The van der Waals surface area contributed by atoms with E-state index in [9.17, 15) is 14.3 Å². The van der Waals surface area contributed by atoms with Crippen LogP contribution < -0.4 is 11.1 Å². The Labute approximate surface area is 185 Å². The minimum Gasteiger partial charge on any atom is -0.477 e. The number of aliphatic carboxylic acids is 1. The molecule has 3 aromatic heterocycles. The number of anilines is 2. The summed E-state index contributed by atoms with van der Waals surface area (Å²) in [6, 6.07) is 9.20. The predicted molar refractivity (Wildman–Crippen MR) is 116 cm³/mol. The lowest BCUT2D eigenvalue weighted by atomic mass is 10.1. The van der Waals surface area contributed by atoms with E-state index in [0.717, 1.165) is 0 Å². The maximum Gasteiger partial charge on any atom is 0.352 e. The first kappa shape index (κ1) is 20.9. The number of hydrogen-bond acceptors (Lipinski definition) is 8. The average molecular weight is 453 g/mol. The van der Waals surface area contributed by atoms with Crippen molar-refractivity contribution in [1.82, 2.24) is 20.2 Å². The number of carboxylic acid groups (broad SMARTS) is 1. The molecular weight excluding hydrogens is 439 g/mol. The number of nitrogens with zero attached hydrogens (tertiary/aromatic N) is 4. The van der Waals surface area contributed by atoms with Gasteiger partial charge in [0.25, 0.3) is 0 Å². The molecule has 0 aliphatic carbocycles. The number of carbonyl (C=O) groups is 1. The highest BCUT2D eigenvalue weighted by Gasteiger charge is 2.18. The van der Waals surface area contributed by atoms with Crippen LogP contribution in [0.4, 0.5) is 15.9 Å². The van der Waals surface area contributed by atoms with Crippen molar-refractivity contribution in [2.24, 2.45) is 0 Å². The number of carboxylic acids is 1. The van der Waals surface area contributed by atoms with E-state index in [4.69, 9.17) is 21.8 Å². The van der Waals surface area contributed by atoms with Crippen molar-refractivity contribution in [3.8, 4) is 22.5 Å². The SMILES string of the molecule is Nc1cccc(-c2cnc(N/C(=C\c3ccco3)C(=O)O)c(-c3cnnc(Cl)c3)n2)c1F. The third kappa shape index (κ3) is 4.40. The zero-order valence-corrected chi connectivity index (χ0v) is 16.9. The average Bonchev–Trinajstić information content (AvgIpc) is 3.29. The first-order valence-electron chi connectivity index (χ1n) is 9.08. The number of furan rings is 1. The van der Waals surface area contributed by atoms with Crippen LogP contribution in [0.3, 0.4) is 0 Å². The van der Waals surface area contributed by atoms with E-state index in [1.807, 2.05) is 0 Å². The molecule has 11 heteroatoms. The number of rotatable bonds is 6. The number of aromatic nitrogens is 4. The van der Waals surface area contributed by atoms with E-state index in [1.165, 1.54) is 42.9 Å². The molecule has 0 atom stereocenters. The van der Waals surface area contributed by atoms with Crippen molar-refractivity contribution < 1.29 is 18.7 Å². The fraction of sp³-hybridized carbons (Fsp3) is 0. The van der Waals surface area contributed by atoms with Crippen LogP contribution in [0.25, 0.3) is 28.6 Å². The molecule has 4 N–H and O–H groups in total. The Morgan fingerprint density at radius 2 is 2.09 bits per heavy atom. The number of nitrogen functional groups attached to an aromatic ring is 1. The van der Waals surface area contributed by atoms with Gasteiger partial charge in [-0.1, -0.05) is 17.7 Å². The normalized spacial score (nSPS) is 11.4. The second-order valence-electron chi connectivity index (χ2n) is 6.43. The molecule has 0 saturated carbocycles. The molecule has 160 valence electrons. The van der Waals surface area contributed by atoms with Gasteiger partial charge in [-0.25, -0.2) is 19.2 Å². The van der Waals surface area contributed by atoms with Crippen LogP contribution in [-0.4, -0.2) is 31.2 Å². The first-order valence-corrected chi connectivity index (χ1v) is 9.45. The summed E-state index contributed by atoms with van der Waals surface area (Å²) in [5, 5.41) is 19.9. The van der Waals surface area contributed by atoms with E-state index in [1.54, 1.807) is 18.2 Å². The Morgan fingerprint density at radius 1 is 1.25 bits per heavy atom. The molecule has 0 amide bonds. The van der Waals surface area contributed by atoms with Crippen LogP contribution >= 0.6 is 11.6 Å². The van der Waals surface area contributed by atoms with Gasteiger partial charge in [-0.15, -0.1) is 5.10 Å². The van der Waals surface area contributed by atoms with Crippen LogP contribution in [-0.2, 0) is 4.79 Å². The molecule has 0 radical (unpaired) electrons. The summed E-state index contributed by atoms with van der Waals surface area (Å²) in [5.74, 6) is -1.52. The summed E-state index contributed by atoms with van der Waals surface area (Å²) in [6.07, 6.45) is 5.37. The Morgan fingerprint density at radius 3 is 2.81 bits per heavy atom. The lowest BCUT2D eigenvalue weighted by Gasteiger charge is -2.13. The maximum absolute atomic E-state index is 14.6. The van der Waals surface area contributed by atoms with Crippen molar-refractivity contribution in [2.75, 3.05) is 11.1 Å². The summed E-state index contributed by atoms with van der Waals surface area (Å²) < 4.78 is 19.7. The summed E-state index contributed by atoms with van der Waals surface area (Å²) in [7, 11) is 0. The Hall–Kier alpha value is -4.31. The molecule has 0 bridgehead atoms. The molecule has 4 aromatic rings. The van der Waals surface area contributed by atoms with E-state index in [0.29, 0.717) is 11.3 Å². The van der Waals surface area contributed by atoms with E-state index in [2.05, 4.69) is 25.5 Å². The predicted octanol–water partition coefficient (Wildman–Crippen LogP) is 4.11. The molecule has 32 heavy (non-hydrogen) atoms. The highest BCUT2D eigenvalue weighted by molar-refractivity contribution is 6.29. The van der Waals surface area contributed by atoms with E-state index in [-0.39, 0.29) is 39.3 Å². The fourth-order valence-corrected chi connectivity index (χ4v) is 2.99. The van der Waals surface area contributed by atoms with Gasteiger partial charge in [-0.3, -0.25) is 0 Å². The summed E-state index contributed by atoms with van der Waals surface area (Å²) in [5.41, 5.74) is 6.25. The van der Waals surface area contributed by atoms with Crippen LogP contribution in [0.2, 0.25) is 5.15 Å². The topological polar surface area (TPSA) is 140 Å². The van der Waals surface area contributed by atoms with Crippen molar-refractivity contribution >= 4 is 35.2 Å². The molecule has 3 heterocycles. The molecule has 0 saturated heterocycles. The van der Waals surface area contributed by atoms with Crippen molar-refractivity contribution in [1.29, 1.82) is 0 Å². The lowest BCUT2D eigenvalue weighted by Crippen LogP contribution is -2.13. The Balaban J connectivity index is 1.85. The molecular formula is C21H14ClFN6O3. The smallest absolute Gasteiger partial charge is 0.352 e. The number of halogens is 2. The van der Waals surface area contributed by atoms with Gasteiger partial charge in [0.1, 0.15) is 17.2 Å². The zero-order chi connectivity index (χ0) is 22.7. The molecule has 1 aromatic carbocycles. The van der Waals surface area contributed by atoms with Gasteiger partial charge in [-0.05, 0) is 30.3 Å². The molecule has 0 aliphatic rings. The second-order valence-corrected chi connectivity index (χ2v) is 6.82. The zero-order valence-electron chi connectivity index (χ0n) is 16.2. The third-order valence-electron chi connectivity index (χ3n) is 4.29. The molecule has 0 unspecified atom stereocenters. The van der Waals surface area contributed by atoms with Gasteiger partial charge in [0.2, 0.25) is 0 Å². The number of nitrogens with one attached hydrogen (secondary N) is 1. The summed E-state index contributed by atoms with van der Waals surface area (Å²) >= 11 is 5.96. The lowest BCUT2D eigenvalue weighted by molar-refractivity contribution is -0.132. The third-order valence-corrected chi connectivity index (χ3v) is 4.47. The second kappa shape index (κ2) is 8.82. The fourth-order valence-electron chi connectivity index (χ4n) is 2.82. The first-order chi connectivity index (χ1) is 15.4. The monoisotopic (exact) mass is 452 g/mol. The summed E-state index contributed by atoms with van der Waals surface area (Å²) in [4.78, 5) is 20.5. The number of hydrogen-bond donors (Lipinski definition) is 3. The minimum absolute atomic E-state index is 0.0452. The largest absolute Gasteiger partial charge is 0.477 e.